The van der Waals surface area contributed by atoms with E-state index in [1.54, 1.807) is 12.3 Å². The summed E-state index contributed by atoms with van der Waals surface area (Å²) in [5.74, 6) is -0.418. The lowest BCUT2D eigenvalue weighted by Gasteiger charge is -2.14. The third kappa shape index (κ3) is 2.56. The first-order valence-corrected chi connectivity index (χ1v) is 7.21. The normalized spacial score (nSPS) is 10.8. The molecule has 0 spiro atoms. The zero-order chi connectivity index (χ0) is 15.0. The lowest BCUT2D eigenvalue weighted by atomic mass is 10.1. The Balaban J connectivity index is 2.19. The topological polar surface area (TPSA) is 50.9 Å². The maximum Gasteiger partial charge on any atom is 0.150 e. The molecule has 0 bridgehead atoms. The molecule has 106 valence electrons. The number of fused-ring (bicyclic) bond motifs is 1. The van der Waals surface area contributed by atoms with Crippen LogP contribution in [0, 0.1) is 12.7 Å². The van der Waals surface area contributed by atoms with Crippen molar-refractivity contribution in [3.8, 4) is 0 Å². The highest BCUT2D eigenvalue weighted by molar-refractivity contribution is 9.10. The summed E-state index contributed by atoms with van der Waals surface area (Å²) in [7, 11) is 0. The van der Waals surface area contributed by atoms with Gasteiger partial charge in [0.15, 0.2) is 5.82 Å². The minimum atomic E-state index is -0.418. The molecular formula is C16H13BrFN3. The molecule has 1 heterocycles. The molecule has 0 fully saturated rings. The summed E-state index contributed by atoms with van der Waals surface area (Å²) >= 11 is 3.42. The smallest absolute Gasteiger partial charge is 0.150 e. The van der Waals surface area contributed by atoms with Crippen LogP contribution in [0.25, 0.3) is 10.9 Å². The van der Waals surface area contributed by atoms with E-state index in [0.717, 1.165) is 21.1 Å². The predicted octanol–water partition coefficient (Wildman–Crippen LogP) is 4.77. The van der Waals surface area contributed by atoms with Crippen molar-refractivity contribution in [3.05, 3.63) is 58.4 Å². The minimum absolute atomic E-state index is 0.334. The molecular weight excluding hydrogens is 333 g/mol. The fourth-order valence-electron chi connectivity index (χ4n) is 2.22. The van der Waals surface area contributed by atoms with Crippen molar-refractivity contribution in [3.63, 3.8) is 0 Å². The largest absolute Gasteiger partial charge is 0.398 e. The second-order valence-corrected chi connectivity index (χ2v) is 5.72. The molecule has 0 radical (unpaired) electrons. The summed E-state index contributed by atoms with van der Waals surface area (Å²) in [6, 6.07) is 10.7. The quantitative estimate of drug-likeness (QED) is 0.657. The summed E-state index contributed by atoms with van der Waals surface area (Å²) in [4.78, 5) is 4.26. The van der Waals surface area contributed by atoms with E-state index in [2.05, 4.69) is 26.2 Å². The highest BCUT2D eigenvalue weighted by Gasteiger charge is 2.13. The number of nitrogens with two attached hydrogens (primary N) is 1. The Kier molecular flexibility index (Phi) is 3.51. The lowest BCUT2D eigenvalue weighted by molar-refractivity contribution is 0.634. The molecule has 3 aromatic rings. The standard InChI is InChI=1S/C16H13BrFN3/c1-9-4-5-10(17)7-14(9)21-16-12(18)8-13(19)11-3-2-6-20-15(11)16/h2-8,21H,19H2,1H3. The van der Waals surface area contributed by atoms with E-state index in [0.29, 0.717) is 16.9 Å². The molecule has 0 aliphatic carbocycles. The van der Waals surface area contributed by atoms with Gasteiger partial charge in [-0.1, -0.05) is 22.0 Å². The van der Waals surface area contributed by atoms with E-state index in [4.69, 9.17) is 5.73 Å². The van der Waals surface area contributed by atoms with Crippen LogP contribution in [0.2, 0.25) is 0 Å². The van der Waals surface area contributed by atoms with Gasteiger partial charge < -0.3 is 11.1 Å². The van der Waals surface area contributed by atoms with Gasteiger partial charge in [0.2, 0.25) is 0 Å². The molecule has 3 N–H and O–H groups in total. The molecule has 0 saturated carbocycles. The summed E-state index contributed by atoms with van der Waals surface area (Å²) in [5.41, 5.74) is 8.93. The molecule has 0 saturated heterocycles. The monoisotopic (exact) mass is 345 g/mol. The van der Waals surface area contributed by atoms with Crippen molar-refractivity contribution < 1.29 is 4.39 Å². The Hall–Kier alpha value is -2.14. The Bertz CT molecular complexity index is 833. The van der Waals surface area contributed by atoms with Crippen LogP contribution in [0.1, 0.15) is 5.56 Å². The maximum absolute atomic E-state index is 14.3. The number of nitrogens with zero attached hydrogens (tertiary/aromatic N) is 1. The van der Waals surface area contributed by atoms with E-state index >= 15 is 0 Å². The van der Waals surface area contributed by atoms with E-state index < -0.39 is 5.82 Å². The van der Waals surface area contributed by atoms with E-state index in [1.807, 2.05) is 31.2 Å². The average Bonchev–Trinajstić information content (AvgIpc) is 2.47. The molecule has 5 heteroatoms. The second-order valence-electron chi connectivity index (χ2n) is 4.81. The first-order valence-electron chi connectivity index (χ1n) is 6.42. The van der Waals surface area contributed by atoms with Gasteiger partial charge in [-0.2, -0.15) is 0 Å². The summed E-state index contributed by atoms with van der Waals surface area (Å²) < 4.78 is 15.2. The first-order chi connectivity index (χ1) is 10.1. The number of nitrogens with one attached hydrogen (secondary N) is 1. The van der Waals surface area contributed by atoms with Crippen LogP contribution in [-0.2, 0) is 0 Å². The van der Waals surface area contributed by atoms with E-state index in [-0.39, 0.29) is 0 Å². The summed E-state index contributed by atoms with van der Waals surface area (Å²) in [6.07, 6.45) is 1.63. The van der Waals surface area contributed by atoms with Crippen molar-refractivity contribution in [1.82, 2.24) is 4.98 Å². The highest BCUT2D eigenvalue weighted by Crippen LogP contribution is 2.33. The van der Waals surface area contributed by atoms with Gasteiger partial charge in [0, 0.05) is 27.4 Å². The molecule has 0 unspecified atom stereocenters. The third-order valence-corrected chi connectivity index (χ3v) is 3.83. The van der Waals surface area contributed by atoms with Crippen LogP contribution in [0.15, 0.2) is 47.1 Å². The molecule has 0 aliphatic rings. The van der Waals surface area contributed by atoms with Crippen LogP contribution in [0.5, 0.6) is 0 Å². The second kappa shape index (κ2) is 5.33. The number of aryl methyl sites for hydroxylation is 1. The fourth-order valence-corrected chi connectivity index (χ4v) is 2.58. The number of hydrogen-bond acceptors (Lipinski definition) is 3. The van der Waals surface area contributed by atoms with E-state index in [1.165, 1.54) is 6.07 Å². The Morgan fingerprint density at radius 2 is 2.05 bits per heavy atom. The van der Waals surface area contributed by atoms with Crippen molar-refractivity contribution in [2.75, 3.05) is 11.1 Å². The summed E-state index contributed by atoms with van der Waals surface area (Å²) in [5, 5.41) is 3.86. The van der Waals surface area contributed by atoms with E-state index in [9.17, 15) is 4.39 Å². The molecule has 0 aliphatic heterocycles. The van der Waals surface area contributed by atoms with Gasteiger partial charge in [0.25, 0.3) is 0 Å². The maximum atomic E-state index is 14.3. The molecule has 3 nitrogen and oxygen atoms in total. The van der Waals surface area contributed by atoms with Gasteiger partial charge in [-0.3, -0.25) is 4.98 Å². The van der Waals surface area contributed by atoms with Gasteiger partial charge in [-0.25, -0.2) is 4.39 Å². The molecule has 1 aromatic heterocycles. The zero-order valence-corrected chi connectivity index (χ0v) is 12.9. The Labute approximate surface area is 130 Å². The number of aromatic nitrogens is 1. The molecule has 0 amide bonds. The van der Waals surface area contributed by atoms with Crippen molar-refractivity contribution >= 4 is 43.9 Å². The summed E-state index contributed by atoms with van der Waals surface area (Å²) in [6.45, 7) is 1.96. The molecule has 0 atom stereocenters. The molecule has 2 aromatic carbocycles. The number of benzene rings is 2. The van der Waals surface area contributed by atoms with Gasteiger partial charge in [0.05, 0.1) is 5.52 Å². The number of nitrogen functional groups attached to an aromatic ring is 1. The van der Waals surface area contributed by atoms with Crippen LogP contribution in [0.4, 0.5) is 21.5 Å². The Morgan fingerprint density at radius 3 is 2.86 bits per heavy atom. The van der Waals surface area contributed by atoms with Crippen LogP contribution in [-0.4, -0.2) is 4.98 Å². The SMILES string of the molecule is Cc1ccc(Br)cc1Nc1c(F)cc(N)c2cccnc12. The van der Waals surface area contributed by atoms with Crippen molar-refractivity contribution in [2.24, 2.45) is 0 Å². The number of halogens is 2. The van der Waals surface area contributed by atoms with Gasteiger partial charge in [-0.05, 0) is 42.8 Å². The first kappa shape index (κ1) is 13.8. The Morgan fingerprint density at radius 1 is 1.24 bits per heavy atom. The van der Waals surface area contributed by atoms with Crippen molar-refractivity contribution in [2.45, 2.75) is 6.92 Å². The van der Waals surface area contributed by atoms with Crippen LogP contribution in [0.3, 0.4) is 0 Å². The zero-order valence-electron chi connectivity index (χ0n) is 11.3. The van der Waals surface area contributed by atoms with Crippen LogP contribution < -0.4 is 11.1 Å². The number of hydrogen-bond donors (Lipinski definition) is 2. The van der Waals surface area contributed by atoms with Crippen LogP contribution >= 0.6 is 15.9 Å². The fraction of sp³-hybridized carbons (Fsp3) is 0.0625. The average molecular weight is 346 g/mol. The highest BCUT2D eigenvalue weighted by atomic mass is 79.9. The predicted molar refractivity (Wildman–Crippen MR) is 88.3 cm³/mol. The third-order valence-electron chi connectivity index (χ3n) is 3.34. The van der Waals surface area contributed by atoms with Crippen molar-refractivity contribution in [1.29, 1.82) is 0 Å². The number of rotatable bonds is 2. The van der Waals surface area contributed by atoms with Gasteiger partial charge >= 0.3 is 0 Å². The molecule has 3 rings (SSSR count). The molecule has 21 heavy (non-hydrogen) atoms. The van der Waals surface area contributed by atoms with Gasteiger partial charge in [-0.15, -0.1) is 0 Å². The number of anilines is 3. The lowest BCUT2D eigenvalue weighted by Crippen LogP contribution is -2.00. The van der Waals surface area contributed by atoms with Gasteiger partial charge in [0.1, 0.15) is 5.69 Å². The minimum Gasteiger partial charge on any atom is -0.398 e. The number of pyridine rings is 1.